The van der Waals surface area contributed by atoms with E-state index in [-0.39, 0.29) is 11.8 Å². The maximum atomic E-state index is 12.5. The number of aromatic nitrogens is 2. The van der Waals surface area contributed by atoms with Crippen LogP contribution in [0.3, 0.4) is 0 Å². The highest BCUT2D eigenvalue weighted by Crippen LogP contribution is 2.21. The zero-order valence-corrected chi connectivity index (χ0v) is 14.3. The van der Waals surface area contributed by atoms with Gasteiger partial charge in [-0.25, -0.2) is 0 Å². The standard InChI is InChI=1S/C17H28N4O2/c1-13(2)17-18-15(23-19-17)7-8-16(22)21-11-5-6-14(12-21)20-9-3-4-10-20/h13-14H,3-12H2,1-2H3. The highest BCUT2D eigenvalue weighted by atomic mass is 16.5. The first-order valence-electron chi connectivity index (χ1n) is 8.98. The van der Waals surface area contributed by atoms with E-state index in [2.05, 4.69) is 15.0 Å². The fourth-order valence-electron chi connectivity index (χ4n) is 3.56. The molecular weight excluding hydrogens is 292 g/mol. The summed E-state index contributed by atoms with van der Waals surface area (Å²) in [4.78, 5) is 21.4. The maximum absolute atomic E-state index is 12.5. The average Bonchev–Trinajstić information content (AvgIpc) is 3.24. The number of rotatable bonds is 5. The van der Waals surface area contributed by atoms with E-state index in [9.17, 15) is 4.79 Å². The predicted molar refractivity (Wildman–Crippen MR) is 87.1 cm³/mol. The molecule has 0 saturated carbocycles. The van der Waals surface area contributed by atoms with E-state index in [1.54, 1.807) is 0 Å². The lowest BCUT2D eigenvalue weighted by Crippen LogP contribution is -2.49. The highest BCUT2D eigenvalue weighted by molar-refractivity contribution is 5.76. The number of carbonyl (C=O) groups is 1. The molecule has 0 N–H and O–H groups in total. The number of carbonyl (C=O) groups excluding carboxylic acids is 1. The second-order valence-corrected chi connectivity index (χ2v) is 7.08. The lowest BCUT2D eigenvalue weighted by molar-refractivity contribution is -0.133. The van der Waals surface area contributed by atoms with Gasteiger partial charge in [-0.1, -0.05) is 19.0 Å². The van der Waals surface area contributed by atoms with Crippen molar-refractivity contribution >= 4 is 5.91 Å². The maximum Gasteiger partial charge on any atom is 0.227 e. The zero-order chi connectivity index (χ0) is 16.2. The second kappa shape index (κ2) is 7.43. The van der Waals surface area contributed by atoms with Crippen molar-refractivity contribution in [3.8, 4) is 0 Å². The molecule has 1 aromatic heterocycles. The van der Waals surface area contributed by atoms with Gasteiger partial charge in [0.1, 0.15) is 0 Å². The fraction of sp³-hybridized carbons (Fsp3) is 0.824. The van der Waals surface area contributed by atoms with Crippen LogP contribution in [0.1, 0.15) is 63.6 Å². The SMILES string of the molecule is CC(C)c1noc(CCC(=O)N2CCCC(N3CCCC3)C2)n1. The first-order valence-corrected chi connectivity index (χ1v) is 8.98. The predicted octanol–water partition coefficient (Wildman–Crippen LogP) is 2.21. The van der Waals surface area contributed by atoms with Crippen molar-refractivity contribution in [1.82, 2.24) is 19.9 Å². The van der Waals surface area contributed by atoms with Gasteiger partial charge < -0.3 is 9.42 Å². The summed E-state index contributed by atoms with van der Waals surface area (Å²) in [6.07, 6.45) is 5.96. The van der Waals surface area contributed by atoms with Gasteiger partial charge in [0.25, 0.3) is 0 Å². The monoisotopic (exact) mass is 320 g/mol. The molecule has 128 valence electrons. The molecule has 3 rings (SSSR count). The molecule has 2 fully saturated rings. The van der Waals surface area contributed by atoms with Crippen LogP contribution in [0.2, 0.25) is 0 Å². The van der Waals surface area contributed by atoms with Crippen LogP contribution in [0.25, 0.3) is 0 Å². The molecule has 6 heteroatoms. The van der Waals surface area contributed by atoms with Crippen LogP contribution in [-0.2, 0) is 11.2 Å². The van der Waals surface area contributed by atoms with Crippen molar-refractivity contribution in [2.45, 2.75) is 64.3 Å². The van der Waals surface area contributed by atoms with Gasteiger partial charge in [-0.05, 0) is 38.8 Å². The number of likely N-dealkylation sites (tertiary alicyclic amines) is 2. The Bertz CT molecular complexity index is 522. The molecule has 2 aliphatic rings. The molecule has 6 nitrogen and oxygen atoms in total. The van der Waals surface area contributed by atoms with Gasteiger partial charge in [-0.15, -0.1) is 0 Å². The van der Waals surface area contributed by atoms with Gasteiger partial charge in [-0.3, -0.25) is 9.69 Å². The third kappa shape index (κ3) is 4.10. The van der Waals surface area contributed by atoms with E-state index in [0.717, 1.165) is 25.3 Å². The molecule has 3 heterocycles. The van der Waals surface area contributed by atoms with Gasteiger partial charge >= 0.3 is 0 Å². The summed E-state index contributed by atoms with van der Waals surface area (Å²) >= 11 is 0. The van der Waals surface area contributed by atoms with E-state index < -0.39 is 0 Å². The van der Waals surface area contributed by atoms with Gasteiger partial charge in [-0.2, -0.15) is 4.98 Å². The van der Waals surface area contributed by atoms with E-state index in [1.165, 1.54) is 32.4 Å². The summed E-state index contributed by atoms with van der Waals surface area (Å²) in [6, 6.07) is 0.561. The Balaban J connectivity index is 1.48. The van der Waals surface area contributed by atoms with Gasteiger partial charge in [0, 0.05) is 37.9 Å². The van der Waals surface area contributed by atoms with Crippen LogP contribution in [-0.4, -0.2) is 58.1 Å². The minimum atomic E-state index is 0.221. The minimum absolute atomic E-state index is 0.221. The van der Waals surface area contributed by atoms with Crippen molar-refractivity contribution in [3.63, 3.8) is 0 Å². The summed E-state index contributed by atoms with van der Waals surface area (Å²) in [5.41, 5.74) is 0. The molecule has 1 aromatic rings. The minimum Gasteiger partial charge on any atom is -0.341 e. The third-order valence-electron chi connectivity index (χ3n) is 4.96. The van der Waals surface area contributed by atoms with Crippen molar-refractivity contribution in [2.24, 2.45) is 0 Å². The van der Waals surface area contributed by atoms with Gasteiger partial charge in [0.05, 0.1) is 0 Å². The molecule has 0 spiro atoms. The molecule has 2 saturated heterocycles. The molecule has 23 heavy (non-hydrogen) atoms. The van der Waals surface area contributed by atoms with E-state index in [4.69, 9.17) is 4.52 Å². The first-order chi connectivity index (χ1) is 11.1. The smallest absolute Gasteiger partial charge is 0.227 e. The Kier molecular flexibility index (Phi) is 5.30. The first kappa shape index (κ1) is 16.4. The van der Waals surface area contributed by atoms with Crippen LogP contribution in [0.4, 0.5) is 0 Å². The summed E-state index contributed by atoms with van der Waals surface area (Å²) < 4.78 is 5.23. The van der Waals surface area contributed by atoms with E-state index in [1.807, 2.05) is 18.7 Å². The summed E-state index contributed by atoms with van der Waals surface area (Å²) in [6.45, 7) is 8.25. The Morgan fingerprint density at radius 3 is 2.74 bits per heavy atom. The fourth-order valence-corrected chi connectivity index (χ4v) is 3.56. The molecule has 0 radical (unpaired) electrons. The molecule has 1 amide bonds. The van der Waals surface area contributed by atoms with Crippen molar-refractivity contribution in [3.05, 3.63) is 11.7 Å². The molecule has 0 bridgehead atoms. The van der Waals surface area contributed by atoms with E-state index >= 15 is 0 Å². The molecule has 1 unspecified atom stereocenters. The highest BCUT2D eigenvalue weighted by Gasteiger charge is 2.29. The molecule has 1 atom stereocenters. The largest absolute Gasteiger partial charge is 0.341 e. The number of amides is 1. The molecular formula is C17H28N4O2. The number of aryl methyl sites for hydroxylation is 1. The normalized spacial score (nSPS) is 22.9. The number of hydrogen-bond acceptors (Lipinski definition) is 5. The Morgan fingerprint density at radius 2 is 2.04 bits per heavy atom. The van der Waals surface area contributed by atoms with Crippen LogP contribution in [0, 0.1) is 0 Å². The van der Waals surface area contributed by atoms with Crippen molar-refractivity contribution < 1.29 is 9.32 Å². The Hall–Kier alpha value is -1.43. The Morgan fingerprint density at radius 1 is 1.26 bits per heavy atom. The quantitative estimate of drug-likeness (QED) is 0.832. The summed E-state index contributed by atoms with van der Waals surface area (Å²) in [5.74, 6) is 1.78. The van der Waals surface area contributed by atoms with E-state index in [0.29, 0.717) is 24.8 Å². The van der Waals surface area contributed by atoms with Crippen LogP contribution in [0.5, 0.6) is 0 Å². The summed E-state index contributed by atoms with van der Waals surface area (Å²) in [7, 11) is 0. The zero-order valence-electron chi connectivity index (χ0n) is 14.3. The van der Waals surface area contributed by atoms with Crippen molar-refractivity contribution in [2.75, 3.05) is 26.2 Å². The number of nitrogens with zero attached hydrogens (tertiary/aromatic N) is 4. The van der Waals surface area contributed by atoms with Gasteiger partial charge in [0.15, 0.2) is 5.82 Å². The van der Waals surface area contributed by atoms with Crippen molar-refractivity contribution in [1.29, 1.82) is 0 Å². The third-order valence-corrected chi connectivity index (χ3v) is 4.96. The Labute approximate surface area is 138 Å². The number of piperidine rings is 1. The van der Waals surface area contributed by atoms with Crippen LogP contribution < -0.4 is 0 Å². The molecule has 0 aliphatic carbocycles. The lowest BCUT2D eigenvalue weighted by Gasteiger charge is -2.37. The average molecular weight is 320 g/mol. The van der Waals surface area contributed by atoms with Gasteiger partial charge in [0.2, 0.25) is 11.8 Å². The lowest BCUT2D eigenvalue weighted by atomic mass is 10.0. The van der Waals surface area contributed by atoms with Crippen LogP contribution in [0.15, 0.2) is 4.52 Å². The molecule has 2 aliphatic heterocycles. The topological polar surface area (TPSA) is 62.5 Å². The second-order valence-electron chi connectivity index (χ2n) is 7.08. The molecule has 0 aromatic carbocycles. The summed E-state index contributed by atoms with van der Waals surface area (Å²) in [5, 5.41) is 3.95. The van der Waals surface area contributed by atoms with Crippen LogP contribution >= 0.6 is 0 Å². The number of hydrogen-bond donors (Lipinski definition) is 0.